The summed E-state index contributed by atoms with van der Waals surface area (Å²) < 4.78 is 18.1. The van der Waals surface area contributed by atoms with Crippen molar-refractivity contribution in [3.05, 3.63) is 35.1 Å². The molecular formula is C13H20FNO. The monoisotopic (exact) mass is 225 g/mol. The molecule has 1 atom stereocenters. The Morgan fingerprint density at radius 2 is 2.19 bits per heavy atom. The largest absolute Gasteiger partial charge is 0.383 e. The van der Waals surface area contributed by atoms with E-state index in [4.69, 9.17) is 4.74 Å². The lowest BCUT2D eigenvalue weighted by Gasteiger charge is -2.16. The smallest absolute Gasteiger partial charge is 0.126 e. The Morgan fingerprint density at radius 3 is 2.75 bits per heavy atom. The molecule has 1 N–H and O–H groups in total. The van der Waals surface area contributed by atoms with Gasteiger partial charge < -0.3 is 10.1 Å². The predicted molar refractivity (Wildman–Crippen MR) is 63.9 cm³/mol. The van der Waals surface area contributed by atoms with E-state index in [0.29, 0.717) is 18.2 Å². The first-order valence-corrected chi connectivity index (χ1v) is 5.64. The van der Waals surface area contributed by atoms with E-state index < -0.39 is 0 Å². The van der Waals surface area contributed by atoms with Crippen LogP contribution < -0.4 is 5.32 Å². The summed E-state index contributed by atoms with van der Waals surface area (Å²) in [6.45, 7) is 5.36. The summed E-state index contributed by atoms with van der Waals surface area (Å²) in [5.41, 5.74) is 1.80. The van der Waals surface area contributed by atoms with E-state index in [0.717, 1.165) is 18.5 Å². The van der Waals surface area contributed by atoms with Gasteiger partial charge in [0.2, 0.25) is 0 Å². The highest BCUT2D eigenvalue weighted by Gasteiger charge is 2.05. The third-order valence-electron chi connectivity index (χ3n) is 2.68. The minimum absolute atomic E-state index is 0.146. The molecular weight excluding hydrogens is 205 g/mol. The van der Waals surface area contributed by atoms with E-state index in [9.17, 15) is 4.39 Å². The highest BCUT2D eigenvalue weighted by Crippen LogP contribution is 2.09. The fraction of sp³-hybridized carbons (Fsp3) is 0.538. The summed E-state index contributed by atoms with van der Waals surface area (Å²) in [4.78, 5) is 0. The molecule has 0 spiro atoms. The van der Waals surface area contributed by atoms with Crippen molar-refractivity contribution in [2.45, 2.75) is 32.9 Å². The summed E-state index contributed by atoms with van der Waals surface area (Å²) >= 11 is 0. The minimum Gasteiger partial charge on any atom is -0.383 e. The average Bonchev–Trinajstić information content (AvgIpc) is 2.28. The molecule has 0 aliphatic rings. The number of rotatable bonds is 6. The molecule has 0 amide bonds. The highest BCUT2D eigenvalue weighted by atomic mass is 19.1. The topological polar surface area (TPSA) is 21.3 Å². The van der Waals surface area contributed by atoms with Gasteiger partial charge >= 0.3 is 0 Å². The summed E-state index contributed by atoms with van der Waals surface area (Å²) in [5, 5.41) is 3.39. The SMILES string of the molecule is CCC(COC)NCc1ccc(F)c(C)c1. The van der Waals surface area contributed by atoms with Gasteiger partial charge in [0.25, 0.3) is 0 Å². The van der Waals surface area contributed by atoms with E-state index in [1.165, 1.54) is 6.07 Å². The zero-order valence-electron chi connectivity index (χ0n) is 10.2. The highest BCUT2D eigenvalue weighted by molar-refractivity contribution is 5.23. The molecule has 0 bridgehead atoms. The number of nitrogens with one attached hydrogen (secondary N) is 1. The van der Waals surface area contributed by atoms with Crippen molar-refractivity contribution in [3.8, 4) is 0 Å². The van der Waals surface area contributed by atoms with Gasteiger partial charge in [0.15, 0.2) is 0 Å². The van der Waals surface area contributed by atoms with Gasteiger partial charge in [-0.3, -0.25) is 0 Å². The van der Waals surface area contributed by atoms with Crippen LogP contribution in [-0.4, -0.2) is 19.8 Å². The van der Waals surface area contributed by atoms with Crippen LogP contribution in [0.15, 0.2) is 18.2 Å². The molecule has 0 fully saturated rings. The van der Waals surface area contributed by atoms with Crippen LogP contribution in [0.1, 0.15) is 24.5 Å². The maximum atomic E-state index is 13.0. The summed E-state index contributed by atoms with van der Waals surface area (Å²) in [6.07, 6.45) is 1.02. The van der Waals surface area contributed by atoms with Crippen LogP contribution in [0.3, 0.4) is 0 Å². The standard InChI is InChI=1S/C13H20FNO/c1-4-12(9-16-3)15-8-11-5-6-13(14)10(2)7-11/h5-7,12,15H,4,8-9H2,1-3H3. The Kier molecular flexibility index (Phi) is 5.43. The molecule has 3 heteroatoms. The summed E-state index contributed by atoms with van der Waals surface area (Å²) in [5.74, 6) is -0.146. The zero-order valence-corrected chi connectivity index (χ0v) is 10.2. The third-order valence-corrected chi connectivity index (χ3v) is 2.68. The summed E-state index contributed by atoms with van der Waals surface area (Å²) in [6, 6.07) is 5.57. The van der Waals surface area contributed by atoms with Gasteiger partial charge in [0.1, 0.15) is 5.82 Å². The van der Waals surface area contributed by atoms with Crippen molar-refractivity contribution in [1.82, 2.24) is 5.32 Å². The number of hydrogen-bond acceptors (Lipinski definition) is 2. The maximum absolute atomic E-state index is 13.0. The van der Waals surface area contributed by atoms with Crippen LogP contribution in [-0.2, 0) is 11.3 Å². The maximum Gasteiger partial charge on any atom is 0.126 e. The molecule has 0 radical (unpaired) electrons. The molecule has 2 nitrogen and oxygen atoms in total. The van der Waals surface area contributed by atoms with E-state index in [1.807, 2.05) is 12.1 Å². The molecule has 0 heterocycles. The van der Waals surface area contributed by atoms with E-state index >= 15 is 0 Å². The van der Waals surface area contributed by atoms with Crippen molar-refractivity contribution < 1.29 is 9.13 Å². The Labute approximate surface area is 96.8 Å². The number of methoxy groups -OCH3 is 1. The van der Waals surface area contributed by atoms with Crippen LogP contribution in [0, 0.1) is 12.7 Å². The van der Waals surface area contributed by atoms with Crippen molar-refractivity contribution in [2.75, 3.05) is 13.7 Å². The van der Waals surface area contributed by atoms with Crippen molar-refractivity contribution in [2.24, 2.45) is 0 Å². The van der Waals surface area contributed by atoms with Crippen LogP contribution in [0.2, 0.25) is 0 Å². The molecule has 1 aromatic rings. The van der Waals surface area contributed by atoms with Gasteiger partial charge in [-0.1, -0.05) is 19.1 Å². The van der Waals surface area contributed by atoms with E-state index in [2.05, 4.69) is 12.2 Å². The molecule has 90 valence electrons. The average molecular weight is 225 g/mol. The first-order valence-electron chi connectivity index (χ1n) is 5.64. The van der Waals surface area contributed by atoms with Crippen molar-refractivity contribution >= 4 is 0 Å². The fourth-order valence-electron chi connectivity index (χ4n) is 1.60. The molecule has 0 saturated heterocycles. The molecule has 0 aliphatic carbocycles. The second-order valence-corrected chi connectivity index (χ2v) is 4.02. The number of ether oxygens (including phenoxy) is 1. The van der Waals surface area contributed by atoms with Crippen LogP contribution in [0.4, 0.5) is 4.39 Å². The second-order valence-electron chi connectivity index (χ2n) is 4.02. The molecule has 16 heavy (non-hydrogen) atoms. The lowest BCUT2D eigenvalue weighted by molar-refractivity contribution is 0.164. The number of aryl methyl sites for hydroxylation is 1. The number of halogens is 1. The lowest BCUT2D eigenvalue weighted by atomic mass is 10.1. The first-order chi connectivity index (χ1) is 7.67. The van der Waals surface area contributed by atoms with Crippen LogP contribution >= 0.6 is 0 Å². The van der Waals surface area contributed by atoms with E-state index in [1.54, 1.807) is 14.0 Å². The normalized spacial score (nSPS) is 12.8. The van der Waals surface area contributed by atoms with Gasteiger partial charge in [-0.15, -0.1) is 0 Å². The zero-order chi connectivity index (χ0) is 12.0. The fourth-order valence-corrected chi connectivity index (χ4v) is 1.60. The Balaban J connectivity index is 2.50. The Bertz CT molecular complexity index is 328. The molecule has 1 rings (SSSR count). The van der Waals surface area contributed by atoms with E-state index in [-0.39, 0.29) is 5.82 Å². The molecule has 0 aromatic heterocycles. The third kappa shape index (κ3) is 3.91. The van der Waals surface area contributed by atoms with Crippen molar-refractivity contribution in [1.29, 1.82) is 0 Å². The van der Waals surface area contributed by atoms with Gasteiger partial charge in [-0.25, -0.2) is 4.39 Å². The predicted octanol–water partition coefficient (Wildman–Crippen LogP) is 2.65. The van der Waals surface area contributed by atoms with Gasteiger partial charge in [-0.05, 0) is 30.5 Å². The van der Waals surface area contributed by atoms with Crippen molar-refractivity contribution in [3.63, 3.8) is 0 Å². The first kappa shape index (κ1) is 13.1. The number of hydrogen-bond donors (Lipinski definition) is 1. The summed E-state index contributed by atoms with van der Waals surface area (Å²) in [7, 11) is 1.70. The van der Waals surface area contributed by atoms with Gasteiger partial charge in [-0.2, -0.15) is 0 Å². The Hall–Kier alpha value is -0.930. The van der Waals surface area contributed by atoms with Crippen LogP contribution in [0.25, 0.3) is 0 Å². The van der Waals surface area contributed by atoms with Crippen LogP contribution in [0.5, 0.6) is 0 Å². The Morgan fingerprint density at radius 1 is 1.44 bits per heavy atom. The lowest BCUT2D eigenvalue weighted by Crippen LogP contribution is -2.32. The number of benzene rings is 1. The quantitative estimate of drug-likeness (QED) is 0.803. The molecule has 0 saturated carbocycles. The molecule has 1 unspecified atom stereocenters. The second kappa shape index (κ2) is 6.61. The van der Waals surface area contributed by atoms with Gasteiger partial charge in [0.05, 0.1) is 6.61 Å². The molecule has 0 aliphatic heterocycles. The van der Waals surface area contributed by atoms with Gasteiger partial charge in [0, 0.05) is 19.7 Å². The molecule has 1 aromatic carbocycles. The minimum atomic E-state index is -0.146.